The molecule has 0 bridgehead atoms. The van der Waals surface area contributed by atoms with E-state index < -0.39 is 0 Å². The zero-order chi connectivity index (χ0) is 25.6. The second-order valence-electron chi connectivity index (χ2n) is 9.63. The molecule has 0 aliphatic carbocycles. The highest BCUT2D eigenvalue weighted by molar-refractivity contribution is 5.88. The van der Waals surface area contributed by atoms with E-state index in [9.17, 15) is 0 Å². The third kappa shape index (κ3) is 6.06. The average molecular weight is 487 g/mol. The minimum Gasteiger partial charge on any atom is -0.490 e. The van der Waals surface area contributed by atoms with Gasteiger partial charge in [-0.2, -0.15) is 5.10 Å². The van der Waals surface area contributed by atoms with E-state index in [1.54, 1.807) is 6.20 Å². The van der Waals surface area contributed by atoms with Gasteiger partial charge in [0.1, 0.15) is 18.1 Å². The number of H-pyrrole nitrogens is 1. The van der Waals surface area contributed by atoms with Crippen molar-refractivity contribution in [1.82, 2.24) is 15.2 Å². The van der Waals surface area contributed by atoms with Crippen LogP contribution in [0.2, 0.25) is 0 Å². The van der Waals surface area contributed by atoms with Crippen LogP contribution in [-0.4, -0.2) is 27.8 Å². The molecule has 5 heteroatoms. The van der Waals surface area contributed by atoms with Crippen LogP contribution in [0.3, 0.4) is 0 Å². The molecule has 3 N–H and O–H groups in total. The third-order valence-corrected chi connectivity index (χ3v) is 6.16. The van der Waals surface area contributed by atoms with Crippen LogP contribution in [0.1, 0.15) is 31.5 Å². The molecule has 0 amide bonds. The number of pyridine rings is 1. The van der Waals surface area contributed by atoms with Crippen molar-refractivity contribution in [3.63, 3.8) is 0 Å². The lowest BCUT2D eigenvalue weighted by Crippen LogP contribution is -2.29. The van der Waals surface area contributed by atoms with Crippen LogP contribution in [0.4, 0.5) is 0 Å². The quantitative estimate of drug-likeness (QED) is 0.259. The van der Waals surface area contributed by atoms with Gasteiger partial charge in [-0.3, -0.25) is 10.1 Å². The molecule has 1 atom stereocenters. The molecule has 0 saturated carbocycles. The third-order valence-electron chi connectivity index (χ3n) is 6.16. The second-order valence-corrected chi connectivity index (χ2v) is 9.63. The normalized spacial score (nSPS) is 11.8. The maximum absolute atomic E-state index is 6.17. The minimum atomic E-state index is 0.00149. The molecule has 5 aromatic rings. The Morgan fingerprint density at radius 3 is 2.38 bits per heavy atom. The molecular weight excluding hydrogens is 456 g/mol. The lowest BCUT2D eigenvalue weighted by molar-refractivity contribution is 0.270. The molecule has 0 spiro atoms. The number of hydrogen-bond donors (Lipinski definition) is 2. The van der Waals surface area contributed by atoms with E-state index >= 15 is 0 Å². The summed E-state index contributed by atoms with van der Waals surface area (Å²) in [7, 11) is 0. The predicted octanol–water partition coefficient (Wildman–Crippen LogP) is 6.44. The highest BCUT2D eigenvalue weighted by Crippen LogP contribution is 2.27. The number of nitrogens with zero attached hydrogens (tertiary/aromatic N) is 2. The summed E-state index contributed by atoms with van der Waals surface area (Å²) in [6.45, 7) is 4.79. The smallest absolute Gasteiger partial charge is 0.138 e. The standard InChI is InChI=1S/C32H30N4O/c1-22(2)16-28(33)21-37-29-17-27(19-34-20-29)26-13-15-32-30(18-26)31(35-36-32)14-10-23-8-11-25(12-9-23)24-6-4-3-5-7-24/h3-9,11-13,15,17-20,22,28H,16,21,33H2,1-2H3,(H,35,36). The Hall–Kier alpha value is -4.40. The average Bonchev–Trinajstić information content (AvgIpc) is 3.33. The van der Waals surface area contributed by atoms with E-state index in [0.717, 1.165) is 39.7 Å². The number of nitrogens with two attached hydrogens (primary N) is 1. The van der Waals surface area contributed by atoms with Crippen LogP contribution < -0.4 is 10.5 Å². The Bertz CT molecular complexity index is 1540. The summed E-state index contributed by atoms with van der Waals surface area (Å²) in [5.41, 5.74) is 13.1. The summed E-state index contributed by atoms with van der Waals surface area (Å²) in [4.78, 5) is 4.38. The Labute approximate surface area is 217 Å². The first-order valence-corrected chi connectivity index (χ1v) is 12.5. The van der Waals surface area contributed by atoms with Gasteiger partial charge in [-0.1, -0.05) is 68.3 Å². The highest BCUT2D eigenvalue weighted by atomic mass is 16.5. The van der Waals surface area contributed by atoms with E-state index in [4.69, 9.17) is 10.5 Å². The molecule has 0 aliphatic rings. The largest absolute Gasteiger partial charge is 0.490 e. The molecule has 5 rings (SSSR count). The van der Waals surface area contributed by atoms with Gasteiger partial charge in [-0.05, 0) is 65.3 Å². The van der Waals surface area contributed by atoms with Crippen molar-refractivity contribution in [2.75, 3.05) is 6.61 Å². The van der Waals surface area contributed by atoms with Gasteiger partial charge in [0, 0.05) is 28.8 Å². The second kappa shape index (κ2) is 11.1. The van der Waals surface area contributed by atoms with E-state index in [2.05, 4.69) is 71.2 Å². The summed E-state index contributed by atoms with van der Waals surface area (Å²) >= 11 is 0. The number of ether oxygens (including phenoxy) is 1. The lowest BCUT2D eigenvalue weighted by atomic mass is 10.0. The van der Waals surface area contributed by atoms with Gasteiger partial charge in [-0.15, -0.1) is 0 Å². The maximum Gasteiger partial charge on any atom is 0.138 e. The molecule has 184 valence electrons. The van der Waals surface area contributed by atoms with Gasteiger partial charge >= 0.3 is 0 Å². The zero-order valence-corrected chi connectivity index (χ0v) is 21.1. The van der Waals surface area contributed by atoms with Gasteiger partial charge in [0.05, 0.1) is 11.7 Å². The van der Waals surface area contributed by atoms with Gasteiger partial charge in [0.15, 0.2) is 0 Å². The summed E-state index contributed by atoms with van der Waals surface area (Å²) in [5, 5.41) is 8.48. The fourth-order valence-electron chi connectivity index (χ4n) is 4.33. The highest BCUT2D eigenvalue weighted by Gasteiger charge is 2.09. The van der Waals surface area contributed by atoms with Crippen LogP contribution in [0, 0.1) is 17.8 Å². The minimum absolute atomic E-state index is 0.00149. The fourth-order valence-corrected chi connectivity index (χ4v) is 4.33. The Balaban J connectivity index is 1.35. The van der Waals surface area contributed by atoms with Crippen molar-refractivity contribution in [1.29, 1.82) is 0 Å². The first kappa shape index (κ1) is 24.3. The molecule has 0 saturated heterocycles. The number of aromatic nitrogens is 3. The lowest BCUT2D eigenvalue weighted by Gasteiger charge is -2.15. The van der Waals surface area contributed by atoms with E-state index in [-0.39, 0.29) is 6.04 Å². The van der Waals surface area contributed by atoms with Crippen LogP contribution in [0.5, 0.6) is 5.75 Å². The summed E-state index contributed by atoms with van der Waals surface area (Å²) in [6, 6.07) is 26.7. The molecule has 3 aromatic carbocycles. The van der Waals surface area contributed by atoms with Crippen LogP contribution in [0.15, 0.2) is 91.3 Å². The van der Waals surface area contributed by atoms with Gasteiger partial charge in [0.25, 0.3) is 0 Å². The molecule has 0 radical (unpaired) electrons. The number of hydrogen-bond acceptors (Lipinski definition) is 4. The summed E-state index contributed by atoms with van der Waals surface area (Å²) in [5.74, 6) is 7.77. The topological polar surface area (TPSA) is 76.8 Å². The summed E-state index contributed by atoms with van der Waals surface area (Å²) in [6.07, 6.45) is 4.48. The van der Waals surface area contributed by atoms with E-state index in [1.165, 1.54) is 11.1 Å². The van der Waals surface area contributed by atoms with Crippen molar-refractivity contribution in [3.8, 4) is 39.8 Å². The molecule has 2 aromatic heterocycles. The molecule has 1 unspecified atom stereocenters. The molecule has 37 heavy (non-hydrogen) atoms. The Morgan fingerprint density at radius 1 is 0.838 bits per heavy atom. The van der Waals surface area contributed by atoms with E-state index in [0.29, 0.717) is 18.3 Å². The number of fused-ring (bicyclic) bond motifs is 1. The predicted molar refractivity (Wildman–Crippen MR) is 150 cm³/mol. The van der Waals surface area contributed by atoms with Crippen LogP contribution in [-0.2, 0) is 0 Å². The van der Waals surface area contributed by atoms with Crippen molar-refractivity contribution in [2.24, 2.45) is 11.7 Å². The first-order chi connectivity index (χ1) is 18.0. The fraction of sp³-hybridized carbons (Fsp3) is 0.188. The van der Waals surface area contributed by atoms with Crippen molar-refractivity contribution < 1.29 is 4.74 Å². The first-order valence-electron chi connectivity index (χ1n) is 12.5. The zero-order valence-electron chi connectivity index (χ0n) is 21.1. The number of nitrogens with one attached hydrogen (secondary N) is 1. The monoisotopic (exact) mass is 486 g/mol. The Morgan fingerprint density at radius 2 is 1.59 bits per heavy atom. The van der Waals surface area contributed by atoms with E-state index in [1.807, 2.05) is 54.7 Å². The van der Waals surface area contributed by atoms with Crippen molar-refractivity contribution >= 4 is 10.9 Å². The molecule has 5 nitrogen and oxygen atoms in total. The van der Waals surface area contributed by atoms with Crippen LogP contribution in [0.25, 0.3) is 33.2 Å². The van der Waals surface area contributed by atoms with Crippen molar-refractivity contribution in [2.45, 2.75) is 26.3 Å². The van der Waals surface area contributed by atoms with Crippen LogP contribution >= 0.6 is 0 Å². The van der Waals surface area contributed by atoms with Gasteiger partial charge < -0.3 is 10.5 Å². The Kier molecular flexibility index (Phi) is 7.30. The van der Waals surface area contributed by atoms with Crippen molar-refractivity contribution in [3.05, 3.63) is 103 Å². The molecular formula is C32H30N4O. The number of benzene rings is 3. The van der Waals surface area contributed by atoms with Gasteiger partial charge in [0.2, 0.25) is 0 Å². The maximum atomic E-state index is 6.17. The van der Waals surface area contributed by atoms with Gasteiger partial charge in [-0.25, -0.2) is 0 Å². The molecule has 2 heterocycles. The number of aromatic amines is 1. The molecule has 0 aliphatic heterocycles. The SMILES string of the molecule is CC(C)CC(N)COc1cncc(-c2ccc3n[nH]c(C#Cc4ccc(-c5ccccc5)cc4)c3c2)c1. The summed E-state index contributed by atoms with van der Waals surface area (Å²) < 4.78 is 5.92. The number of rotatable bonds is 7. The molecule has 0 fully saturated rings.